The Morgan fingerprint density at radius 3 is 2.93 bits per heavy atom. The monoisotopic (exact) mass is 229 g/mol. The molecule has 0 aliphatic carbocycles. The van der Waals surface area contributed by atoms with Crippen LogP contribution in [0.15, 0.2) is 23.1 Å². The first-order chi connectivity index (χ1) is 6.69. The summed E-state index contributed by atoms with van der Waals surface area (Å²) in [5.41, 5.74) is 6.76. The number of thiol groups is 1. The van der Waals surface area contributed by atoms with Crippen LogP contribution in [-0.4, -0.2) is 12.6 Å². The summed E-state index contributed by atoms with van der Waals surface area (Å²) in [6.45, 7) is 2.13. The fourth-order valence-corrected chi connectivity index (χ4v) is 1.78. The molecule has 2 N–H and O–H groups in total. The maximum atomic E-state index is 11.3. The van der Waals surface area contributed by atoms with E-state index in [2.05, 4.69) is 11.7 Å². The van der Waals surface area contributed by atoms with Crippen molar-refractivity contribution < 1.29 is 9.53 Å². The van der Waals surface area contributed by atoms with Crippen molar-refractivity contribution in [1.29, 1.82) is 0 Å². The molecule has 0 unspecified atom stereocenters. The molecule has 0 bridgehead atoms. The Morgan fingerprint density at radius 2 is 2.36 bits per heavy atom. The Balaban J connectivity index is 2.94. The maximum Gasteiger partial charge on any atom is 0.338 e. The summed E-state index contributed by atoms with van der Waals surface area (Å²) >= 11 is 4.03. The Hall–Kier alpha value is -0.810. The number of rotatable bonds is 3. The molecule has 0 aliphatic rings. The van der Waals surface area contributed by atoms with Gasteiger partial charge < -0.3 is 10.5 Å². The van der Waals surface area contributed by atoms with Gasteiger partial charge in [0.2, 0.25) is 0 Å². The van der Waals surface area contributed by atoms with Crippen LogP contribution < -0.4 is 5.73 Å². The molecule has 0 aliphatic heterocycles. The third kappa shape index (κ3) is 2.59. The zero-order chi connectivity index (χ0) is 10.6. The van der Waals surface area contributed by atoms with Crippen molar-refractivity contribution in [1.82, 2.24) is 0 Å². The molecule has 0 spiro atoms. The number of hydrogen-bond acceptors (Lipinski definition) is 5. The van der Waals surface area contributed by atoms with Crippen molar-refractivity contribution in [3.8, 4) is 0 Å². The molecule has 0 atom stereocenters. The number of hydrogen-bond donors (Lipinski definition) is 2. The molecule has 0 saturated carbocycles. The second kappa shape index (κ2) is 5.17. The summed E-state index contributed by atoms with van der Waals surface area (Å²) < 4.78 is 4.85. The molecule has 1 rings (SSSR count). The van der Waals surface area contributed by atoms with Crippen molar-refractivity contribution in [3.05, 3.63) is 23.8 Å². The highest BCUT2D eigenvalue weighted by molar-refractivity contribution is 8.68. The van der Waals surface area contributed by atoms with Gasteiger partial charge >= 0.3 is 5.97 Å². The Labute approximate surface area is 91.8 Å². The summed E-state index contributed by atoms with van der Waals surface area (Å²) in [6.07, 6.45) is 0. The topological polar surface area (TPSA) is 52.3 Å². The Kier molecular flexibility index (Phi) is 4.16. The number of esters is 1. The predicted octanol–water partition coefficient (Wildman–Crippen LogP) is 2.38. The molecule has 3 nitrogen and oxygen atoms in total. The van der Waals surface area contributed by atoms with Gasteiger partial charge in [0.25, 0.3) is 0 Å². The van der Waals surface area contributed by atoms with E-state index < -0.39 is 0 Å². The number of nitrogen functional groups attached to an aromatic ring is 1. The van der Waals surface area contributed by atoms with E-state index in [4.69, 9.17) is 10.5 Å². The standard InChI is InChI=1S/C9H11NO2S2/c1-2-12-9(11)6-3-4-7(10)8(5-6)14-13/h3-5,13H,2,10H2,1H3. The average molecular weight is 229 g/mol. The van der Waals surface area contributed by atoms with E-state index in [9.17, 15) is 4.79 Å². The van der Waals surface area contributed by atoms with Crippen LogP contribution >= 0.6 is 22.5 Å². The van der Waals surface area contributed by atoms with E-state index in [-0.39, 0.29) is 5.97 Å². The lowest BCUT2D eigenvalue weighted by Crippen LogP contribution is -2.05. The van der Waals surface area contributed by atoms with E-state index in [1.54, 1.807) is 25.1 Å². The van der Waals surface area contributed by atoms with Crippen molar-refractivity contribution in [2.75, 3.05) is 12.3 Å². The second-order valence-corrected chi connectivity index (χ2v) is 3.73. The number of carbonyl (C=O) groups excluding carboxylic acids is 1. The number of nitrogens with two attached hydrogens (primary N) is 1. The molecule has 0 amide bonds. The van der Waals surface area contributed by atoms with Gasteiger partial charge in [-0.1, -0.05) is 10.8 Å². The van der Waals surface area contributed by atoms with Crippen LogP contribution in [0.3, 0.4) is 0 Å². The van der Waals surface area contributed by atoms with Crippen molar-refractivity contribution in [3.63, 3.8) is 0 Å². The van der Waals surface area contributed by atoms with Gasteiger partial charge in [-0.15, -0.1) is 11.7 Å². The lowest BCUT2D eigenvalue weighted by molar-refractivity contribution is 0.0526. The lowest BCUT2D eigenvalue weighted by Gasteiger charge is -2.05. The van der Waals surface area contributed by atoms with Gasteiger partial charge in [-0.2, -0.15) is 0 Å². The number of benzene rings is 1. The molecule has 0 saturated heterocycles. The molecule has 5 heteroatoms. The van der Waals surface area contributed by atoms with Crippen LogP contribution in [0.5, 0.6) is 0 Å². The molecule has 0 radical (unpaired) electrons. The highest BCUT2D eigenvalue weighted by atomic mass is 33.1. The fourth-order valence-electron chi connectivity index (χ4n) is 0.955. The van der Waals surface area contributed by atoms with Gasteiger partial charge in [0.1, 0.15) is 0 Å². The first-order valence-electron chi connectivity index (χ1n) is 4.07. The van der Waals surface area contributed by atoms with Gasteiger partial charge in [-0.25, -0.2) is 4.79 Å². The van der Waals surface area contributed by atoms with Gasteiger partial charge in [-0.3, -0.25) is 0 Å². The van der Waals surface area contributed by atoms with Gasteiger partial charge in [0.15, 0.2) is 0 Å². The zero-order valence-electron chi connectivity index (χ0n) is 7.69. The van der Waals surface area contributed by atoms with Crippen LogP contribution in [0.25, 0.3) is 0 Å². The molecular formula is C9H11NO2S2. The molecule has 1 aromatic carbocycles. The van der Waals surface area contributed by atoms with Crippen molar-refractivity contribution in [2.45, 2.75) is 11.8 Å². The predicted molar refractivity (Wildman–Crippen MR) is 61.7 cm³/mol. The van der Waals surface area contributed by atoms with Gasteiger partial charge in [-0.05, 0) is 25.1 Å². The molecular weight excluding hydrogens is 218 g/mol. The lowest BCUT2D eigenvalue weighted by atomic mass is 10.2. The first-order valence-corrected chi connectivity index (χ1v) is 5.94. The SMILES string of the molecule is CCOC(=O)c1ccc(N)c(SS)c1. The van der Waals surface area contributed by atoms with E-state index in [1.165, 1.54) is 10.8 Å². The molecule has 0 heterocycles. The molecule has 0 fully saturated rings. The van der Waals surface area contributed by atoms with E-state index in [1.807, 2.05) is 0 Å². The average Bonchev–Trinajstić information content (AvgIpc) is 2.19. The third-order valence-electron chi connectivity index (χ3n) is 1.62. The quantitative estimate of drug-likeness (QED) is 0.361. The van der Waals surface area contributed by atoms with E-state index in [0.29, 0.717) is 17.9 Å². The Morgan fingerprint density at radius 1 is 1.64 bits per heavy atom. The van der Waals surface area contributed by atoms with Crippen LogP contribution in [0.4, 0.5) is 5.69 Å². The minimum absolute atomic E-state index is 0.337. The molecule has 76 valence electrons. The van der Waals surface area contributed by atoms with Crippen LogP contribution in [0, 0.1) is 0 Å². The van der Waals surface area contributed by atoms with E-state index in [0.717, 1.165) is 4.90 Å². The van der Waals surface area contributed by atoms with Gasteiger partial charge in [0.05, 0.1) is 12.2 Å². The summed E-state index contributed by atoms with van der Waals surface area (Å²) in [5.74, 6) is -0.337. The third-order valence-corrected chi connectivity index (χ3v) is 2.76. The number of anilines is 1. The number of ether oxygens (including phenoxy) is 1. The summed E-state index contributed by atoms with van der Waals surface area (Å²) in [4.78, 5) is 12.1. The molecule has 14 heavy (non-hydrogen) atoms. The van der Waals surface area contributed by atoms with Crippen LogP contribution in [0.2, 0.25) is 0 Å². The van der Waals surface area contributed by atoms with Crippen molar-refractivity contribution in [2.24, 2.45) is 0 Å². The summed E-state index contributed by atoms with van der Waals surface area (Å²) in [6, 6.07) is 4.98. The summed E-state index contributed by atoms with van der Waals surface area (Å²) in [5, 5.41) is 0. The zero-order valence-corrected chi connectivity index (χ0v) is 9.40. The van der Waals surface area contributed by atoms with Crippen molar-refractivity contribution >= 4 is 34.1 Å². The largest absolute Gasteiger partial charge is 0.462 e. The van der Waals surface area contributed by atoms with Gasteiger partial charge in [0, 0.05) is 10.6 Å². The normalized spacial score (nSPS) is 9.86. The fraction of sp³-hybridized carbons (Fsp3) is 0.222. The highest BCUT2D eigenvalue weighted by Gasteiger charge is 2.08. The highest BCUT2D eigenvalue weighted by Crippen LogP contribution is 2.28. The smallest absolute Gasteiger partial charge is 0.338 e. The number of carbonyl (C=O) groups is 1. The first kappa shape index (κ1) is 11.3. The van der Waals surface area contributed by atoms with Crippen LogP contribution in [-0.2, 0) is 4.74 Å². The summed E-state index contributed by atoms with van der Waals surface area (Å²) in [7, 11) is 1.21. The Bertz CT molecular complexity index is 342. The maximum absolute atomic E-state index is 11.3. The molecule has 1 aromatic rings. The van der Waals surface area contributed by atoms with Crippen LogP contribution in [0.1, 0.15) is 17.3 Å². The second-order valence-electron chi connectivity index (χ2n) is 2.56. The minimum Gasteiger partial charge on any atom is -0.462 e. The minimum atomic E-state index is -0.337. The van der Waals surface area contributed by atoms with E-state index >= 15 is 0 Å². The molecule has 0 aromatic heterocycles.